The van der Waals surface area contributed by atoms with Gasteiger partial charge in [-0.1, -0.05) is 72.6 Å². The largest absolute Gasteiger partial charge is 0.355 e. The minimum absolute atomic E-state index is 0.0283. The van der Waals surface area contributed by atoms with Crippen molar-refractivity contribution in [3.8, 4) is 0 Å². The molecule has 3 aromatic rings. The van der Waals surface area contributed by atoms with E-state index < -0.39 is 28.5 Å². The van der Waals surface area contributed by atoms with Crippen LogP contribution in [0.25, 0.3) is 0 Å². The van der Waals surface area contributed by atoms with Crippen LogP contribution in [-0.4, -0.2) is 44.3 Å². The summed E-state index contributed by atoms with van der Waals surface area (Å²) in [6.07, 6.45) is 0.323. The summed E-state index contributed by atoms with van der Waals surface area (Å²) in [6, 6.07) is 19.0. The predicted molar refractivity (Wildman–Crippen MR) is 152 cm³/mol. The molecule has 0 saturated carbocycles. The van der Waals surface area contributed by atoms with Gasteiger partial charge in [0.2, 0.25) is 11.8 Å². The van der Waals surface area contributed by atoms with E-state index in [-0.39, 0.29) is 23.0 Å². The zero-order valence-electron chi connectivity index (χ0n) is 21.5. The fourth-order valence-electron chi connectivity index (χ4n) is 4.12. The van der Waals surface area contributed by atoms with Crippen LogP contribution in [0, 0.1) is 6.92 Å². The van der Waals surface area contributed by atoms with Gasteiger partial charge in [-0.15, -0.1) is 0 Å². The van der Waals surface area contributed by atoms with E-state index >= 15 is 0 Å². The molecule has 2 amide bonds. The standard InChI is InChI=1S/C28H31Cl2N3O4S/c1-4-25(28(35)31-5-2)32(18-21-12-9-10-15-24(21)30)27(34)19-33(26-17-11-16-23(29)20(26)3)38(36,37)22-13-7-6-8-14-22/h6-17,25H,4-5,18-19H2,1-3H3,(H,31,35). The van der Waals surface area contributed by atoms with Crippen LogP contribution >= 0.6 is 23.2 Å². The summed E-state index contributed by atoms with van der Waals surface area (Å²) in [5.74, 6) is -0.881. The van der Waals surface area contributed by atoms with Gasteiger partial charge < -0.3 is 10.2 Å². The van der Waals surface area contributed by atoms with Gasteiger partial charge in [0.25, 0.3) is 10.0 Å². The van der Waals surface area contributed by atoms with Crippen LogP contribution in [0.1, 0.15) is 31.4 Å². The molecule has 3 rings (SSSR count). The van der Waals surface area contributed by atoms with Crippen molar-refractivity contribution in [2.45, 2.75) is 44.7 Å². The van der Waals surface area contributed by atoms with Gasteiger partial charge in [0.05, 0.1) is 10.6 Å². The number of amides is 2. The Hall–Kier alpha value is -3.07. The Labute approximate surface area is 234 Å². The Morgan fingerprint density at radius 2 is 1.53 bits per heavy atom. The Bertz CT molecular complexity index is 1380. The van der Waals surface area contributed by atoms with Gasteiger partial charge in [-0.3, -0.25) is 13.9 Å². The third-order valence-electron chi connectivity index (χ3n) is 6.15. The average Bonchev–Trinajstić information content (AvgIpc) is 2.90. The second-order valence-corrected chi connectivity index (χ2v) is 11.3. The molecule has 0 saturated heterocycles. The number of hydrogen-bond donors (Lipinski definition) is 1. The number of likely N-dealkylation sites (N-methyl/N-ethyl adjacent to an activating group) is 1. The normalized spacial score (nSPS) is 12.0. The number of nitrogens with zero attached hydrogens (tertiary/aromatic N) is 2. The molecule has 1 atom stereocenters. The lowest BCUT2D eigenvalue weighted by atomic mass is 10.1. The van der Waals surface area contributed by atoms with Crippen molar-refractivity contribution in [1.82, 2.24) is 10.2 Å². The summed E-state index contributed by atoms with van der Waals surface area (Å²) in [5, 5.41) is 3.58. The molecule has 0 aliphatic rings. The number of nitrogens with one attached hydrogen (secondary N) is 1. The Morgan fingerprint density at radius 3 is 2.16 bits per heavy atom. The number of benzene rings is 3. The minimum atomic E-state index is -4.17. The second kappa shape index (κ2) is 13.1. The molecule has 0 bridgehead atoms. The molecule has 202 valence electrons. The smallest absolute Gasteiger partial charge is 0.264 e. The van der Waals surface area contributed by atoms with E-state index in [1.807, 2.05) is 0 Å². The van der Waals surface area contributed by atoms with Gasteiger partial charge >= 0.3 is 0 Å². The molecule has 0 heterocycles. The molecule has 1 N–H and O–H groups in total. The van der Waals surface area contributed by atoms with Crippen LogP contribution in [0.5, 0.6) is 0 Å². The molecule has 0 aliphatic carbocycles. The first-order chi connectivity index (χ1) is 18.1. The number of carbonyl (C=O) groups is 2. The zero-order chi connectivity index (χ0) is 27.9. The maximum Gasteiger partial charge on any atom is 0.264 e. The Balaban J connectivity index is 2.11. The van der Waals surface area contributed by atoms with Crippen LogP contribution in [-0.2, 0) is 26.2 Å². The number of sulfonamides is 1. The molecule has 0 aromatic heterocycles. The summed E-state index contributed by atoms with van der Waals surface area (Å²) in [4.78, 5) is 28.4. The Morgan fingerprint density at radius 1 is 0.895 bits per heavy atom. The molecular weight excluding hydrogens is 545 g/mol. The van der Waals surface area contributed by atoms with Crippen LogP contribution in [0.3, 0.4) is 0 Å². The van der Waals surface area contributed by atoms with Gasteiger partial charge in [-0.2, -0.15) is 0 Å². The quantitative estimate of drug-likeness (QED) is 0.330. The van der Waals surface area contributed by atoms with Gasteiger partial charge in [0.1, 0.15) is 12.6 Å². The molecule has 7 nitrogen and oxygen atoms in total. The molecule has 0 radical (unpaired) electrons. The molecule has 10 heteroatoms. The lowest BCUT2D eigenvalue weighted by molar-refractivity contribution is -0.140. The van der Waals surface area contributed by atoms with Crippen molar-refractivity contribution in [2.75, 3.05) is 17.4 Å². The van der Waals surface area contributed by atoms with Crippen molar-refractivity contribution in [3.63, 3.8) is 0 Å². The number of anilines is 1. The van der Waals surface area contributed by atoms with Crippen LogP contribution in [0.4, 0.5) is 5.69 Å². The molecule has 38 heavy (non-hydrogen) atoms. The van der Waals surface area contributed by atoms with Crippen molar-refractivity contribution in [1.29, 1.82) is 0 Å². The monoisotopic (exact) mass is 575 g/mol. The third kappa shape index (κ3) is 6.67. The number of carbonyl (C=O) groups excluding carboxylic acids is 2. The van der Waals surface area contributed by atoms with E-state index in [2.05, 4.69) is 5.32 Å². The topological polar surface area (TPSA) is 86.8 Å². The fourth-order valence-corrected chi connectivity index (χ4v) is 5.98. The third-order valence-corrected chi connectivity index (χ3v) is 8.71. The maximum atomic E-state index is 14.0. The summed E-state index contributed by atoms with van der Waals surface area (Å²) < 4.78 is 28.8. The summed E-state index contributed by atoms with van der Waals surface area (Å²) >= 11 is 12.7. The minimum Gasteiger partial charge on any atom is -0.355 e. The summed E-state index contributed by atoms with van der Waals surface area (Å²) in [6.45, 7) is 5.16. The highest BCUT2D eigenvalue weighted by atomic mass is 35.5. The summed E-state index contributed by atoms with van der Waals surface area (Å²) in [7, 11) is -4.17. The highest BCUT2D eigenvalue weighted by molar-refractivity contribution is 7.92. The Kier molecular flexibility index (Phi) is 10.2. The van der Waals surface area contributed by atoms with Gasteiger partial charge in [0, 0.05) is 23.1 Å². The second-order valence-electron chi connectivity index (χ2n) is 8.64. The first kappa shape index (κ1) is 29.5. The van der Waals surface area contributed by atoms with Crippen molar-refractivity contribution in [2.24, 2.45) is 0 Å². The van der Waals surface area contributed by atoms with E-state index in [9.17, 15) is 18.0 Å². The highest BCUT2D eigenvalue weighted by Crippen LogP contribution is 2.31. The van der Waals surface area contributed by atoms with Crippen LogP contribution in [0.15, 0.2) is 77.7 Å². The fraction of sp³-hybridized carbons (Fsp3) is 0.286. The van der Waals surface area contributed by atoms with E-state index in [0.29, 0.717) is 34.1 Å². The predicted octanol–water partition coefficient (Wildman–Crippen LogP) is 5.44. The van der Waals surface area contributed by atoms with Gasteiger partial charge in [0.15, 0.2) is 0 Å². The van der Waals surface area contributed by atoms with E-state index in [1.54, 1.807) is 81.4 Å². The number of rotatable bonds is 11. The van der Waals surface area contributed by atoms with Crippen LogP contribution in [0.2, 0.25) is 10.0 Å². The number of halogens is 2. The van der Waals surface area contributed by atoms with Gasteiger partial charge in [-0.05, 0) is 61.7 Å². The van der Waals surface area contributed by atoms with Gasteiger partial charge in [-0.25, -0.2) is 8.42 Å². The van der Waals surface area contributed by atoms with Crippen molar-refractivity contribution in [3.05, 3.63) is 94.0 Å². The first-order valence-corrected chi connectivity index (χ1v) is 14.4. The first-order valence-electron chi connectivity index (χ1n) is 12.2. The van der Waals surface area contributed by atoms with Crippen molar-refractivity contribution >= 4 is 50.7 Å². The zero-order valence-corrected chi connectivity index (χ0v) is 23.9. The lowest BCUT2D eigenvalue weighted by Gasteiger charge is -2.33. The van der Waals surface area contributed by atoms with Crippen molar-refractivity contribution < 1.29 is 18.0 Å². The molecule has 3 aromatic carbocycles. The van der Waals surface area contributed by atoms with E-state index in [1.165, 1.54) is 17.0 Å². The molecule has 1 unspecified atom stereocenters. The average molecular weight is 577 g/mol. The number of hydrogen-bond acceptors (Lipinski definition) is 4. The summed E-state index contributed by atoms with van der Waals surface area (Å²) in [5.41, 5.74) is 1.43. The van der Waals surface area contributed by atoms with E-state index in [4.69, 9.17) is 23.2 Å². The molecular formula is C28H31Cl2N3O4S. The van der Waals surface area contributed by atoms with Crippen LogP contribution < -0.4 is 9.62 Å². The van der Waals surface area contributed by atoms with E-state index in [0.717, 1.165) is 4.31 Å². The highest BCUT2D eigenvalue weighted by Gasteiger charge is 2.34. The SMILES string of the molecule is CCNC(=O)C(CC)N(Cc1ccccc1Cl)C(=O)CN(c1cccc(Cl)c1C)S(=O)(=O)c1ccccc1. The maximum absolute atomic E-state index is 14.0. The lowest BCUT2D eigenvalue weighted by Crippen LogP contribution is -2.52. The molecule has 0 aliphatic heterocycles. The molecule has 0 spiro atoms. The molecule has 0 fully saturated rings.